The van der Waals surface area contributed by atoms with Crippen molar-refractivity contribution in [3.05, 3.63) is 144 Å². The van der Waals surface area contributed by atoms with E-state index in [4.69, 9.17) is 9.97 Å². The minimum Gasteiger partial charge on any atom is -0.354 e. The van der Waals surface area contributed by atoms with Crippen molar-refractivity contribution in [3.63, 3.8) is 0 Å². The Hall–Kier alpha value is -5.88. The molecule has 16 nitrogen and oxygen atoms in total. The van der Waals surface area contributed by atoms with Gasteiger partial charge in [0.2, 0.25) is 0 Å². The molecular weight excluding hydrogens is 928 g/mol. The van der Waals surface area contributed by atoms with Crippen LogP contribution in [0.4, 0.5) is 0 Å². The molecule has 5 heterocycles. The van der Waals surface area contributed by atoms with Crippen LogP contribution in [0.15, 0.2) is 141 Å². The molecular formula is C44H30N4NaO12S4+. The van der Waals surface area contributed by atoms with Crippen molar-refractivity contribution in [2.45, 2.75) is 19.6 Å². The summed E-state index contributed by atoms with van der Waals surface area (Å²) in [6.07, 6.45) is 6.88. The molecule has 65 heavy (non-hydrogen) atoms. The minimum absolute atomic E-state index is 0. The van der Waals surface area contributed by atoms with Gasteiger partial charge in [0, 0.05) is 44.3 Å². The maximum Gasteiger partial charge on any atom is 1.00 e. The third kappa shape index (κ3) is 9.06. The van der Waals surface area contributed by atoms with E-state index < -0.39 is 40.5 Å². The van der Waals surface area contributed by atoms with Crippen LogP contribution in [0.3, 0.4) is 0 Å². The first-order valence-electron chi connectivity index (χ1n) is 18.7. The summed E-state index contributed by atoms with van der Waals surface area (Å²) < 4.78 is 135. The number of H-pyrrole nitrogens is 2. The molecule has 322 valence electrons. The van der Waals surface area contributed by atoms with Gasteiger partial charge in [0.05, 0.1) is 42.4 Å². The van der Waals surface area contributed by atoms with E-state index in [1.807, 2.05) is 0 Å². The fourth-order valence-electron chi connectivity index (χ4n) is 7.59. The average molecular weight is 958 g/mol. The second-order valence-electron chi connectivity index (χ2n) is 14.5. The molecule has 0 atom stereocenters. The van der Waals surface area contributed by atoms with Crippen LogP contribution in [0.25, 0.3) is 90.9 Å². The van der Waals surface area contributed by atoms with Gasteiger partial charge >= 0.3 is 29.6 Å². The average Bonchev–Trinajstić information content (AvgIpc) is 4.08. The van der Waals surface area contributed by atoms with Gasteiger partial charge in [-0.25, -0.2) is 9.97 Å². The van der Waals surface area contributed by atoms with Crippen LogP contribution in [0.5, 0.6) is 0 Å². The standard InChI is InChI=1S/C44H30N4O12S4.Na/c49-61(50,51)29-9-1-25(2-10-29)41-33-17-19-35(45-33)42(26-3-11-30(12-4-26)62(52,53)54)37-21-23-39(47-37)44(28-7-15-32(16-8-28)64(58,59)60)40-24-22-38(48-40)43(36-20-18-34(41)46-36)27-5-13-31(14-6-27)63(55,56)57;/h1-24,45-46H,(H,49,50,51)(H,52,53,54)(H,55,56,57)(H,58,59,60);/q;+1. The Morgan fingerprint density at radius 1 is 0.308 bits per heavy atom. The normalized spacial score (nSPS) is 12.9. The van der Waals surface area contributed by atoms with E-state index in [1.165, 1.54) is 97.1 Å². The van der Waals surface area contributed by atoms with Crippen LogP contribution in [0.2, 0.25) is 0 Å². The predicted molar refractivity (Wildman–Crippen MR) is 240 cm³/mol. The predicted octanol–water partition coefficient (Wildman–Crippen LogP) is 5.31. The van der Waals surface area contributed by atoms with E-state index in [2.05, 4.69) is 9.97 Å². The van der Waals surface area contributed by atoms with Crippen LogP contribution in [0.1, 0.15) is 22.8 Å². The van der Waals surface area contributed by atoms with Crippen LogP contribution >= 0.6 is 0 Å². The van der Waals surface area contributed by atoms with Gasteiger partial charge in [-0.3, -0.25) is 18.2 Å². The van der Waals surface area contributed by atoms with Crippen molar-refractivity contribution >= 4 is 86.8 Å². The zero-order valence-electron chi connectivity index (χ0n) is 33.4. The Bertz CT molecular complexity index is 3620. The SMILES string of the molecule is O=S(=O)(O)c1ccc(-c2c3nc(c(-c4ccc(S(=O)(=O)O)cc4)c4ccc([nH]4)c(-c4ccc(S(=O)(=O)O)cc4)c4ccc([nH]4)c(-c4ccc(S(=O)(=O)O)cc4)c4nc2C=C4)C=C3)cc1.[Na+]. The largest absolute Gasteiger partial charge is 1.00 e. The molecule has 0 spiro atoms. The van der Waals surface area contributed by atoms with Gasteiger partial charge in [0.15, 0.2) is 0 Å². The van der Waals surface area contributed by atoms with Crippen molar-refractivity contribution in [2.75, 3.05) is 0 Å². The van der Waals surface area contributed by atoms with E-state index in [9.17, 15) is 51.9 Å². The molecule has 6 N–H and O–H groups in total. The number of fused-ring (bicyclic) bond motifs is 8. The molecule has 0 unspecified atom stereocenters. The zero-order valence-corrected chi connectivity index (χ0v) is 38.7. The molecule has 3 aromatic heterocycles. The van der Waals surface area contributed by atoms with E-state index in [-0.39, 0.29) is 49.1 Å². The van der Waals surface area contributed by atoms with Gasteiger partial charge in [0.25, 0.3) is 40.5 Å². The molecule has 0 radical (unpaired) electrons. The molecule has 0 saturated carbocycles. The summed E-state index contributed by atoms with van der Waals surface area (Å²) in [6, 6.07) is 29.1. The molecule has 2 aliphatic heterocycles. The van der Waals surface area contributed by atoms with Crippen LogP contribution in [-0.2, 0) is 40.5 Å². The zero-order chi connectivity index (χ0) is 45.3. The summed E-state index contributed by atoms with van der Waals surface area (Å²) in [6.45, 7) is 0. The maximum absolute atomic E-state index is 12.0. The topological polar surface area (TPSA) is 275 Å². The summed E-state index contributed by atoms with van der Waals surface area (Å²) in [7, 11) is -18.2. The molecule has 7 aromatic rings. The first-order chi connectivity index (χ1) is 30.2. The molecule has 0 fully saturated rings. The Morgan fingerprint density at radius 2 is 0.523 bits per heavy atom. The molecule has 0 aliphatic carbocycles. The van der Waals surface area contributed by atoms with E-state index in [1.54, 1.807) is 48.6 Å². The fraction of sp³-hybridized carbons (Fsp3) is 0. The first-order valence-corrected chi connectivity index (χ1v) is 24.5. The van der Waals surface area contributed by atoms with Crippen molar-refractivity contribution < 1.29 is 81.4 Å². The Kier molecular flexibility index (Phi) is 11.8. The van der Waals surface area contributed by atoms with Gasteiger partial charge < -0.3 is 9.97 Å². The summed E-state index contributed by atoms with van der Waals surface area (Å²) in [4.78, 5) is 15.6. The number of hydrogen-bond acceptors (Lipinski definition) is 10. The number of aromatic nitrogens is 4. The molecule has 8 bridgehead atoms. The van der Waals surface area contributed by atoms with Gasteiger partial charge in [-0.1, -0.05) is 48.5 Å². The first kappa shape index (κ1) is 45.7. The smallest absolute Gasteiger partial charge is 0.354 e. The minimum atomic E-state index is -4.55. The number of rotatable bonds is 8. The second kappa shape index (κ2) is 16.8. The van der Waals surface area contributed by atoms with E-state index >= 15 is 0 Å². The van der Waals surface area contributed by atoms with E-state index in [0.29, 0.717) is 89.4 Å². The molecule has 9 rings (SSSR count). The van der Waals surface area contributed by atoms with E-state index in [0.717, 1.165) is 0 Å². The van der Waals surface area contributed by atoms with Crippen LogP contribution < -0.4 is 29.6 Å². The molecule has 4 aromatic carbocycles. The van der Waals surface area contributed by atoms with Gasteiger partial charge in [-0.05, 0) is 119 Å². The number of nitrogens with zero attached hydrogens (tertiary/aromatic N) is 2. The summed E-state index contributed by atoms with van der Waals surface area (Å²) in [5.74, 6) is 0. The summed E-state index contributed by atoms with van der Waals surface area (Å²) in [5.41, 5.74) is 7.41. The quantitative estimate of drug-likeness (QED) is 0.0832. The Morgan fingerprint density at radius 3 is 0.785 bits per heavy atom. The molecule has 0 saturated heterocycles. The van der Waals surface area contributed by atoms with Crippen molar-refractivity contribution in [1.29, 1.82) is 0 Å². The van der Waals surface area contributed by atoms with Crippen LogP contribution in [-0.4, -0.2) is 71.8 Å². The third-order valence-corrected chi connectivity index (χ3v) is 14.0. The summed E-state index contributed by atoms with van der Waals surface area (Å²) in [5, 5.41) is 0. The van der Waals surface area contributed by atoms with Gasteiger partial charge in [-0.2, -0.15) is 33.7 Å². The third-order valence-electron chi connectivity index (χ3n) is 10.5. The van der Waals surface area contributed by atoms with Crippen molar-refractivity contribution in [3.8, 4) is 44.5 Å². The molecule has 2 aliphatic rings. The van der Waals surface area contributed by atoms with Gasteiger partial charge in [-0.15, -0.1) is 0 Å². The maximum atomic E-state index is 12.0. The fourth-order valence-corrected chi connectivity index (χ4v) is 9.51. The molecule has 0 amide bonds. The number of nitrogens with one attached hydrogen (secondary N) is 2. The van der Waals surface area contributed by atoms with Crippen molar-refractivity contribution in [2.24, 2.45) is 0 Å². The van der Waals surface area contributed by atoms with Crippen molar-refractivity contribution in [1.82, 2.24) is 19.9 Å². The Labute approximate surface area is 393 Å². The number of aromatic amines is 2. The Balaban J connectivity index is 0.00000576. The van der Waals surface area contributed by atoms with Gasteiger partial charge in [0.1, 0.15) is 0 Å². The number of hydrogen-bond donors (Lipinski definition) is 6. The molecule has 21 heteroatoms. The monoisotopic (exact) mass is 957 g/mol. The number of benzene rings is 4. The summed E-state index contributed by atoms with van der Waals surface area (Å²) >= 11 is 0. The second-order valence-corrected chi connectivity index (χ2v) is 20.2. The van der Waals surface area contributed by atoms with Crippen LogP contribution in [0, 0.1) is 0 Å².